The van der Waals surface area contributed by atoms with Crippen LogP contribution < -0.4 is 15.8 Å². The van der Waals surface area contributed by atoms with Crippen LogP contribution in [0.4, 0.5) is 30.2 Å². The molecular formula is C21H30BrF3N4. The number of hydrazine groups is 2. The molecule has 0 bridgehead atoms. The van der Waals surface area contributed by atoms with Gasteiger partial charge in [0.1, 0.15) is 0 Å². The zero-order chi connectivity index (χ0) is 22.0. The van der Waals surface area contributed by atoms with Gasteiger partial charge in [0.25, 0.3) is 0 Å². The summed E-state index contributed by atoms with van der Waals surface area (Å²) in [7, 11) is 1.94. The molecule has 0 amide bonds. The molecule has 4 nitrogen and oxygen atoms in total. The molecule has 0 atom stereocenters. The Morgan fingerprint density at radius 2 is 1.93 bits per heavy atom. The highest BCUT2D eigenvalue weighted by Crippen LogP contribution is 2.44. The van der Waals surface area contributed by atoms with E-state index in [1.54, 1.807) is 0 Å². The molecule has 1 aliphatic rings. The third-order valence-corrected chi connectivity index (χ3v) is 5.48. The Balaban J connectivity index is 2.23. The van der Waals surface area contributed by atoms with Gasteiger partial charge in [-0.05, 0) is 58.8 Å². The van der Waals surface area contributed by atoms with E-state index < -0.39 is 11.7 Å². The molecule has 162 valence electrons. The van der Waals surface area contributed by atoms with Gasteiger partial charge >= 0.3 is 6.18 Å². The smallest absolute Gasteiger partial charge is 0.380 e. The van der Waals surface area contributed by atoms with Gasteiger partial charge in [0.15, 0.2) is 0 Å². The third kappa shape index (κ3) is 5.92. The van der Waals surface area contributed by atoms with Crippen LogP contribution in [0.1, 0.15) is 40.5 Å². The van der Waals surface area contributed by atoms with E-state index >= 15 is 0 Å². The van der Waals surface area contributed by atoms with Crippen molar-refractivity contribution in [1.82, 2.24) is 5.12 Å². The minimum absolute atomic E-state index is 0.0556. The van der Waals surface area contributed by atoms with Crippen LogP contribution in [0.5, 0.6) is 0 Å². The topological polar surface area (TPSA) is 30.5 Å². The highest BCUT2D eigenvalue weighted by Gasteiger charge is 2.34. The standard InChI is InChI=1S/C21H30BrF3N4/c1-7-8-9-15(21(23,24)25)14(2)12-26-16-10-11-17-19(18(16)22)27-28(6)29(17)13-20(3,4)5/h7,10-11,26-27H,1,8-9,12-13H2,2-6H3/b15-14-. The maximum absolute atomic E-state index is 13.3. The molecule has 0 aromatic heterocycles. The summed E-state index contributed by atoms with van der Waals surface area (Å²) in [5, 5.41) is 7.21. The molecule has 0 spiro atoms. The molecule has 1 aromatic rings. The number of benzene rings is 1. The van der Waals surface area contributed by atoms with Crippen molar-refractivity contribution in [3.63, 3.8) is 0 Å². The normalized spacial score (nSPS) is 15.7. The second-order valence-electron chi connectivity index (χ2n) is 8.51. The number of hydrogen-bond acceptors (Lipinski definition) is 4. The third-order valence-electron chi connectivity index (χ3n) is 4.66. The minimum atomic E-state index is -4.33. The Kier molecular flexibility index (Phi) is 7.32. The molecule has 1 aliphatic heterocycles. The van der Waals surface area contributed by atoms with E-state index in [9.17, 15) is 13.2 Å². The second-order valence-corrected chi connectivity index (χ2v) is 9.31. The number of nitrogens with one attached hydrogen (secondary N) is 2. The van der Waals surface area contributed by atoms with Crippen molar-refractivity contribution < 1.29 is 13.2 Å². The molecule has 0 fully saturated rings. The first-order valence-electron chi connectivity index (χ1n) is 9.56. The first kappa shape index (κ1) is 23.6. The van der Waals surface area contributed by atoms with Gasteiger partial charge in [0.05, 0.1) is 21.5 Å². The van der Waals surface area contributed by atoms with Gasteiger partial charge in [0.2, 0.25) is 0 Å². The SMILES string of the molecule is C=CCC/C(=C(\C)CNc1ccc2c(c1Br)NN(C)N2CC(C)(C)C)C(F)(F)F. The van der Waals surface area contributed by atoms with Gasteiger partial charge in [-0.15, -0.1) is 11.7 Å². The monoisotopic (exact) mass is 474 g/mol. The first-order valence-corrected chi connectivity index (χ1v) is 10.4. The molecule has 0 saturated heterocycles. The van der Waals surface area contributed by atoms with E-state index in [2.05, 4.69) is 59.0 Å². The van der Waals surface area contributed by atoms with Crippen molar-refractivity contribution in [2.45, 2.75) is 46.7 Å². The maximum Gasteiger partial charge on any atom is 0.412 e. The van der Waals surface area contributed by atoms with Crippen LogP contribution in [0.25, 0.3) is 0 Å². The zero-order valence-corrected chi connectivity index (χ0v) is 19.3. The average molecular weight is 475 g/mol. The molecule has 2 rings (SSSR count). The molecule has 0 unspecified atom stereocenters. The molecular weight excluding hydrogens is 445 g/mol. The Hall–Kier alpha value is -1.67. The van der Waals surface area contributed by atoms with Crippen LogP contribution in [-0.2, 0) is 0 Å². The highest BCUT2D eigenvalue weighted by molar-refractivity contribution is 9.10. The molecule has 1 heterocycles. The summed E-state index contributed by atoms with van der Waals surface area (Å²) in [4.78, 5) is 0. The number of hydrogen-bond donors (Lipinski definition) is 2. The van der Waals surface area contributed by atoms with E-state index in [1.165, 1.54) is 13.0 Å². The summed E-state index contributed by atoms with van der Waals surface area (Å²) in [6, 6.07) is 3.87. The van der Waals surface area contributed by atoms with Crippen molar-refractivity contribution in [2.24, 2.45) is 5.41 Å². The van der Waals surface area contributed by atoms with Crippen LogP contribution in [0.15, 0.2) is 40.4 Å². The fraction of sp³-hybridized carbons (Fsp3) is 0.524. The maximum atomic E-state index is 13.3. The molecule has 0 saturated carbocycles. The number of alkyl halides is 3. The number of halogens is 4. The van der Waals surface area contributed by atoms with Crippen molar-refractivity contribution in [2.75, 3.05) is 35.9 Å². The summed E-state index contributed by atoms with van der Waals surface area (Å²) >= 11 is 3.61. The molecule has 8 heteroatoms. The van der Waals surface area contributed by atoms with Crippen LogP contribution in [-0.4, -0.2) is 31.4 Å². The number of nitrogens with zero attached hydrogens (tertiary/aromatic N) is 2. The van der Waals surface area contributed by atoms with E-state index in [-0.39, 0.29) is 24.0 Å². The summed E-state index contributed by atoms with van der Waals surface area (Å²) in [6.07, 6.45) is -2.58. The van der Waals surface area contributed by atoms with E-state index in [1.807, 2.05) is 24.3 Å². The Labute approximate surface area is 179 Å². The number of allylic oxidation sites excluding steroid dienone is 2. The van der Waals surface area contributed by atoms with Gasteiger partial charge in [-0.3, -0.25) is 10.4 Å². The quantitative estimate of drug-likeness (QED) is 0.428. The lowest BCUT2D eigenvalue weighted by molar-refractivity contribution is -0.0947. The zero-order valence-electron chi connectivity index (χ0n) is 17.7. The minimum Gasteiger partial charge on any atom is -0.380 e. The van der Waals surface area contributed by atoms with Crippen LogP contribution in [0.3, 0.4) is 0 Å². The fourth-order valence-electron chi connectivity index (χ4n) is 3.23. The number of anilines is 3. The summed E-state index contributed by atoms with van der Waals surface area (Å²) < 4.78 is 40.8. The largest absolute Gasteiger partial charge is 0.412 e. The van der Waals surface area contributed by atoms with Gasteiger partial charge < -0.3 is 5.32 Å². The van der Waals surface area contributed by atoms with E-state index in [0.29, 0.717) is 6.42 Å². The average Bonchev–Trinajstić information content (AvgIpc) is 2.89. The van der Waals surface area contributed by atoms with Crippen LogP contribution >= 0.6 is 15.9 Å². The van der Waals surface area contributed by atoms with Gasteiger partial charge in [-0.2, -0.15) is 13.2 Å². The molecule has 2 N–H and O–H groups in total. The lowest BCUT2D eigenvalue weighted by Gasteiger charge is -2.32. The number of fused-ring (bicyclic) bond motifs is 1. The Morgan fingerprint density at radius 3 is 2.48 bits per heavy atom. The van der Waals surface area contributed by atoms with Crippen molar-refractivity contribution in [1.29, 1.82) is 0 Å². The van der Waals surface area contributed by atoms with Crippen molar-refractivity contribution in [3.8, 4) is 0 Å². The summed E-state index contributed by atoms with van der Waals surface area (Å²) in [6.45, 7) is 12.5. The Bertz CT molecular complexity index is 781. The summed E-state index contributed by atoms with van der Waals surface area (Å²) in [5.74, 6) is 0. The van der Waals surface area contributed by atoms with Gasteiger partial charge in [0, 0.05) is 25.7 Å². The van der Waals surface area contributed by atoms with Crippen LogP contribution in [0.2, 0.25) is 0 Å². The predicted molar refractivity (Wildman–Crippen MR) is 119 cm³/mol. The predicted octanol–water partition coefficient (Wildman–Crippen LogP) is 6.75. The molecule has 1 aromatic carbocycles. The first-order chi connectivity index (χ1) is 13.3. The van der Waals surface area contributed by atoms with Crippen molar-refractivity contribution >= 4 is 33.0 Å². The molecule has 0 radical (unpaired) electrons. The molecule has 29 heavy (non-hydrogen) atoms. The highest BCUT2D eigenvalue weighted by atomic mass is 79.9. The van der Waals surface area contributed by atoms with Crippen molar-refractivity contribution in [3.05, 3.63) is 40.4 Å². The Morgan fingerprint density at radius 1 is 1.28 bits per heavy atom. The number of rotatable bonds is 7. The lowest BCUT2D eigenvalue weighted by Crippen LogP contribution is -2.43. The fourth-order valence-corrected chi connectivity index (χ4v) is 3.79. The second kappa shape index (κ2) is 9.00. The van der Waals surface area contributed by atoms with Gasteiger partial charge in [-0.25, -0.2) is 0 Å². The van der Waals surface area contributed by atoms with E-state index in [4.69, 9.17) is 0 Å². The lowest BCUT2D eigenvalue weighted by atomic mass is 9.96. The summed E-state index contributed by atoms with van der Waals surface area (Å²) in [5.41, 5.74) is 5.86. The van der Waals surface area contributed by atoms with Gasteiger partial charge in [-0.1, -0.05) is 26.8 Å². The molecule has 0 aliphatic carbocycles. The van der Waals surface area contributed by atoms with Crippen LogP contribution in [0, 0.1) is 5.41 Å². The van der Waals surface area contributed by atoms with E-state index in [0.717, 1.165) is 28.1 Å².